The normalized spacial score (nSPS) is 11.4. The van der Waals surface area contributed by atoms with E-state index in [0.29, 0.717) is 10.8 Å². The standard InChI is InChI=1S/C18H11ClN6/c19-11-2-1-3-12(8-11)22-18-16-15-5-7-21-10-25(15)24-17(16)13-4-6-20-9-14(13)23-18/h1-10H,(H,22,23). The minimum absolute atomic E-state index is 0.660. The van der Waals surface area contributed by atoms with Gasteiger partial charge in [0, 0.05) is 28.5 Å². The maximum absolute atomic E-state index is 6.10. The third kappa shape index (κ3) is 2.27. The topological polar surface area (TPSA) is 68.0 Å². The van der Waals surface area contributed by atoms with E-state index < -0.39 is 0 Å². The van der Waals surface area contributed by atoms with Crippen LogP contribution in [-0.2, 0) is 0 Å². The molecule has 0 saturated carbocycles. The summed E-state index contributed by atoms with van der Waals surface area (Å²) >= 11 is 6.10. The second kappa shape index (κ2) is 5.39. The van der Waals surface area contributed by atoms with E-state index in [1.807, 2.05) is 36.4 Å². The van der Waals surface area contributed by atoms with E-state index >= 15 is 0 Å². The van der Waals surface area contributed by atoms with E-state index in [9.17, 15) is 0 Å². The van der Waals surface area contributed by atoms with Crippen LogP contribution in [0.3, 0.4) is 0 Å². The summed E-state index contributed by atoms with van der Waals surface area (Å²) in [7, 11) is 0. The Balaban J connectivity index is 1.86. The molecule has 0 aliphatic heterocycles. The molecule has 1 N–H and O–H groups in total. The fraction of sp³-hybridized carbons (Fsp3) is 0. The molecule has 5 rings (SSSR count). The average Bonchev–Trinajstić information content (AvgIpc) is 3.02. The minimum atomic E-state index is 0.660. The van der Waals surface area contributed by atoms with E-state index in [4.69, 9.17) is 16.6 Å². The summed E-state index contributed by atoms with van der Waals surface area (Å²) in [6.45, 7) is 0. The van der Waals surface area contributed by atoms with E-state index in [1.165, 1.54) is 0 Å². The molecule has 0 spiro atoms. The minimum Gasteiger partial charge on any atom is -0.340 e. The highest BCUT2D eigenvalue weighted by Crippen LogP contribution is 2.33. The smallest absolute Gasteiger partial charge is 0.142 e. The molecular weight excluding hydrogens is 336 g/mol. The van der Waals surface area contributed by atoms with Crippen molar-refractivity contribution in [3.8, 4) is 0 Å². The first-order valence-electron chi connectivity index (χ1n) is 7.68. The molecule has 0 saturated heterocycles. The zero-order valence-corrected chi connectivity index (χ0v) is 13.6. The fourth-order valence-electron chi connectivity index (χ4n) is 2.98. The fourth-order valence-corrected chi connectivity index (χ4v) is 3.17. The summed E-state index contributed by atoms with van der Waals surface area (Å²) in [5.41, 5.74) is 3.42. The molecule has 0 fully saturated rings. The highest BCUT2D eigenvalue weighted by Gasteiger charge is 2.15. The second-order valence-corrected chi connectivity index (χ2v) is 6.06. The molecule has 6 nitrogen and oxygen atoms in total. The molecule has 4 aromatic heterocycles. The zero-order valence-electron chi connectivity index (χ0n) is 12.9. The van der Waals surface area contributed by atoms with Gasteiger partial charge in [-0.05, 0) is 30.3 Å². The van der Waals surface area contributed by atoms with Crippen molar-refractivity contribution in [2.24, 2.45) is 0 Å². The summed E-state index contributed by atoms with van der Waals surface area (Å²) < 4.78 is 1.76. The van der Waals surface area contributed by atoms with Gasteiger partial charge in [-0.1, -0.05) is 17.7 Å². The average molecular weight is 347 g/mol. The van der Waals surface area contributed by atoms with E-state index in [-0.39, 0.29) is 0 Å². The third-order valence-electron chi connectivity index (χ3n) is 4.05. The van der Waals surface area contributed by atoms with Crippen LogP contribution in [0.5, 0.6) is 0 Å². The van der Waals surface area contributed by atoms with Gasteiger partial charge in [-0.25, -0.2) is 14.5 Å². The molecule has 0 unspecified atom stereocenters. The Hall–Kier alpha value is -3.25. The van der Waals surface area contributed by atoms with Crippen LogP contribution >= 0.6 is 11.6 Å². The van der Waals surface area contributed by atoms with Crippen LogP contribution in [-0.4, -0.2) is 24.6 Å². The molecule has 1 aromatic carbocycles. The lowest BCUT2D eigenvalue weighted by Gasteiger charge is -2.09. The number of nitrogens with zero attached hydrogens (tertiary/aromatic N) is 5. The number of rotatable bonds is 2. The predicted octanol–water partition coefficient (Wildman–Crippen LogP) is 4.22. The monoisotopic (exact) mass is 346 g/mol. The van der Waals surface area contributed by atoms with Gasteiger partial charge in [0.1, 0.15) is 17.7 Å². The van der Waals surface area contributed by atoms with Crippen molar-refractivity contribution < 1.29 is 0 Å². The number of hydrogen-bond donors (Lipinski definition) is 1. The molecule has 0 atom stereocenters. The van der Waals surface area contributed by atoms with Crippen molar-refractivity contribution in [1.82, 2.24) is 24.6 Å². The predicted molar refractivity (Wildman–Crippen MR) is 98.3 cm³/mol. The van der Waals surface area contributed by atoms with Gasteiger partial charge in [0.2, 0.25) is 0 Å². The third-order valence-corrected chi connectivity index (χ3v) is 4.29. The van der Waals surface area contributed by atoms with Crippen LogP contribution < -0.4 is 5.32 Å². The van der Waals surface area contributed by atoms with E-state index in [2.05, 4.69) is 20.4 Å². The molecule has 0 aliphatic carbocycles. The van der Waals surface area contributed by atoms with Crippen LogP contribution in [0.25, 0.3) is 27.3 Å². The van der Waals surface area contributed by atoms with Crippen LogP contribution in [0.1, 0.15) is 0 Å². The Labute approximate surface area is 147 Å². The summed E-state index contributed by atoms with van der Waals surface area (Å²) in [6, 6.07) is 11.4. The molecule has 25 heavy (non-hydrogen) atoms. The van der Waals surface area contributed by atoms with Gasteiger partial charge in [0.05, 0.1) is 22.6 Å². The SMILES string of the molecule is Clc1cccc(Nc2nc3cnccc3c3nn4cnccc4c23)c1. The second-order valence-electron chi connectivity index (χ2n) is 5.62. The van der Waals surface area contributed by atoms with Crippen molar-refractivity contribution in [2.75, 3.05) is 5.32 Å². The van der Waals surface area contributed by atoms with Crippen molar-refractivity contribution in [3.63, 3.8) is 0 Å². The number of halogens is 1. The molecule has 0 bridgehead atoms. The number of hydrogen-bond acceptors (Lipinski definition) is 5. The molecule has 0 aliphatic rings. The molecule has 4 heterocycles. The van der Waals surface area contributed by atoms with Crippen LogP contribution in [0.15, 0.2) is 61.3 Å². The van der Waals surface area contributed by atoms with Gasteiger partial charge in [0.25, 0.3) is 0 Å². The number of nitrogens with one attached hydrogen (secondary N) is 1. The first kappa shape index (κ1) is 14.1. The molecule has 120 valence electrons. The molecule has 0 amide bonds. The van der Waals surface area contributed by atoms with Gasteiger partial charge >= 0.3 is 0 Å². The van der Waals surface area contributed by atoms with Gasteiger partial charge in [-0.3, -0.25) is 4.98 Å². The molecule has 5 aromatic rings. The molecular formula is C18H11ClN6. The quantitative estimate of drug-likeness (QED) is 0.518. The van der Waals surface area contributed by atoms with Crippen LogP contribution in [0.4, 0.5) is 11.5 Å². The summed E-state index contributed by atoms with van der Waals surface area (Å²) in [5, 5.41) is 10.6. The van der Waals surface area contributed by atoms with E-state index in [0.717, 1.165) is 33.0 Å². The first-order valence-corrected chi connectivity index (χ1v) is 8.06. The van der Waals surface area contributed by atoms with Gasteiger partial charge < -0.3 is 5.32 Å². The largest absolute Gasteiger partial charge is 0.340 e. The summed E-state index contributed by atoms with van der Waals surface area (Å²) in [4.78, 5) is 13.1. The number of pyridine rings is 2. The highest BCUT2D eigenvalue weighted by molar-refractivity contribution is 6.30. The summed E-state index contributed by atoms with van der Waals surface area (Å²) in [5.74, 6) is 0.707. The Morgan fingerprint density at radius 1 is 1.04 bits per heavy atom. The lowest BCUT2D eigenvalue weighted by Crippen LogP contribution is -1.96. The maximum Gasteiger partial charge on any atom is 0.142 e. The van der Waals surface area contributed by atoms with Crippen molar-refractivity contribution in [2.45, 2.75) is 0 Å². The number of fused-ring (bicyclic) bond motifs is 5. The van der Waals surface area contributed by atoms with Crippen LogP contribution in [0.2, 0.25) is 5.02 Å². The van der Waals surface area contributed by atoms with E-state index in [1.54, 1.807) is 29.4 Å². The van der Waals surface area contributed by atoms with Crippen LogP contribution in [0, 0.1) is 0 Å². The van der Waals surface area contributed by atoms with Gasteiger partial charge in [0.15, 0.2) is 0 Å². The highest BCUT2D eigenvalue weighted by atomic mass is 35.5. The van der Waals surface area contributed by atoms with Crippen molar-refractivity contribution >= 4 is 50.4 Å². The maximum atomic E-state index is 6.10. The lowest BCUT2D eigenvalue weighted by molar-refractivity contribution is 0.939. The molecule has 7 heteroatoms. The molecule has 0 radical (unpaired) electrons. The number of aromatic nitrogens is 5. The summed E-state index contributed by atoms with van der Waals surface area (Å²) in [6.07, 6.45) is 6.91. The first-order chi connectivity index (χ1) is 12.3. The zero-order chi connectivity index (χ0) is 16.8. The Bertz CT molecular complexity index is 1250. The lowest BCUT2D eigenvalue weighted by atomic mass is 10.1. The van der Waals surface area contributed by atoms with Gasteiger partial charge in [-0.2, -0.15) is 5.10 Å². The van der Waals surface area contributed by atoms with Crippen molar-refractivity contribution in [3.05, 3.63) is 66.3 Å². The Kier molecular flexibility index (Phi) is 3.05. The van der Waals surface area contributed by atoms with Crippen molar-refractivity contribution in [1.29, 1.82) is 0 Å². The number of anilines is 2. The number of benzene rings is 1. The Morgan fingerprint density at radius 2 is 1.96 bits per heavy atom. The van der Waals surface area contributed by atoms with Gasteiger partial charge in [-0.15, -0.1) is 0 Å². The Morgan fingerprint density at radius 3 is 2.88 bits per heavy atom.